The molecule has 1 aromatic heterocycles. The Labute approximate surface area is 92.2 Å². The van der Waals surface area contributed by atoms with Crippen LogP contribution in [-0.4, -0.2) is 11.6 Å². The van der Waals surface area contributed by atoms with E-state index < -0.39 is 0 Å². The maximum atomic E-state index is 13.0. The van der Waals surface area contributed by atoms with E-state index in [1.54, 1.807) is 37.5 Å². The summed E-state index contributed by atoms with van der Waals surface area (Å²) in [6.45, 7) is 0. The van der Waals surface area contributed by atoms with Gasteiger partial charge < -0.3 is 5.32 Å². The molecule has 0 saturated carbocycles. The average molecular weight is 218 g/mol. The Morgan fingerprint density at radius 3 is 2.75 bits per heavy atom. The Morgan fingerprint density at radius 2 is 2.06 bits per heavy atom. The van der Waals surface area contributed by atoms with Gasteiger partial charge in [0.1, 0.15) is 11.5 Å². The van der Waals surface area contributed by atoms with Crippen LogP contribution in [0.2, 0.25) is 0 Å². The van der Waals surface area contributed by atoms with Crippen LogP contribution in [0.25, 0.3) is 5.69 Å². The molecular formula is C12H11FN2O. The molecule has 0 aliphatic rings. The van der Waals surface area contributed by atoms with E-state index in [4.69, 9.17) is 0 Å². The molecule has 0 spiro atoms. The van der Waals surface area contributed by atoms with Gasteiger partial charge in [-0.2, -0.15) is 0 Å². The largest absolute Gasteiger partial charge is 0.384 e. The molecule has 0 bridgehead atoms. The third-order valence-corrected chi connectivity index (χ3v) is 2.30. The number of aromatic nitrogens is 1. The van der Waals surface area contributed by atoms with Crippen LogP contribution in [-0.2, 0) is 0 Å². The summed E-state index contributed by atoms with van der Waals surface area (Å²) in [5.41, 5.74) is 0.796. The van der Waals surface area contributed by atoms with Gasteiger partial charge >= 0.3 is 0 Å². The molecule has 0 aliphatic carbocycles. The predicted octanol–water partition coefficient (Wildman–Crippen LogP) is 2.02. The van der Waals surface area contributed by atoms with Crippen molar-refractivity contribution in [2.45, 2.75) is 0 Å². The first-order valence-corrected chi connectivity index (χ1v) is 4.88. The van der Waals surface area contributed by atoms with Crippen molar-refractivity contribution in [3.63, 3.8) is 0 Å². The molecule has 1 N–H and O–H groups in total. The molecule has 4 heteroatoms. The van der Waals surface area contributed by atoms with Gasteiger partial charge in [-0.1, -0.05) is 6.07 Å². The lowest BCUT2D eigenvalue weighted by Crippen LogP contribution is -2.20. The third-order valence-electron chi connectivity index (χ3n) is 2.30. The van der Waals surface area contributed by atoms with Crippen LogP contribution < -0.4 is 10.9 Å². The number of nitrogens with zero attached hydrogens (tertiary/aromatic N) is 1. The highest BCUT2D eigenvalue weighted by molar-refractivity contribution is 5.43. The molecule has 0 aliphatic heterocycles. The van der Waals surface area contributed by atoms with E-state index in [9.17, 15) is 9.18 Å². The van der Waals surface area contributed by atoms with Crippen molar-refractivity contribution in [2.24, 2.45) is 0 Å². The van der Waals surface area contributed by atoms with Gasteiger partial charge in [0.05, 0.1) is 5.69 Å². The minimum absolute atomic E-state index is 0.199. The van der Waals surface area contributed by atoms with E-state index in [1.807, 2.05) is 0 Å². The number of nitrogens with one attached hydrogen (secondary N) is 1. The second-order valence-electron chi connectivity index (χ2n) is 3.33. The van der Waals surface area contributed by atoms with E-state index in [-0.39, 0.29) is 11.4 Å². The zero-order valence-corrected chi connectivity index (χ0v) is 8.77. The summed E-state index contributed by atoms with van der Waals surface area (Å²) in [6, 6.07) is 9.33. The zero-order valence-electron chi connectivity index (χ0n) is 8.77. The Balaban J connectivity index is 2.61. The summed E-state index contributed by atoms with van der Waals surface area (Å²) < 4.78 is 14.4. The second-order valence-corrected chi connectivity index (χ2v) is 3.33. The lowest BCUT2D eigenvalue weighted by atomic mass is 10.3. The fourth-order valence-electron chi connectivity index (χ4n) is 1.51. The molecule has 0 unspecified atom stereocenters. The van der Waals surface area contributed by atoms with Gasteiger partial charge in [-0.05, 0) is 30.3 Å². The first kappa shape index (κ1) is 10.4. The summed E-state index contributed by atoms with van der Waals surface area (Å²) in [5, 5.41) is 2.79. The Kier molecular flexibility index (Phi) is 2.72. The van der Waals surface area contributed by atoms with Crippen molar-refractivity contribution >= 4 is 5.69 Å². The standard InChI is InChI=1S/C12H11FN2O/c1-14-11-6-3-7-15(12(11)16)10-5-2-4-9(13)8-10/h2-8,14H,1H3. The van der Waals surface area contributed by atoms with Crippen LogP contribution in [0.15, 0.2) is 47.4 Å². The van der Waals surface area contributed by atoms with Crippen molar-refractivity contribution in [2.75, 3.05) is 12.4 Å². The summed E-state index contributed by atoms with van der Waals surface area (Å²) in [6.07, 6.45) is 1.61. The minimum atomic E-state index is -0.362. The number of pyridine rings is 1. The maximum absolute atomic E-state index is 13.0. The van der Waals surface area contributed by atoms with Crippen LogP contribution in [0.4, 0.5) is 10.1 Å². The lowest BCUT2D eigenvalue weighted by molar-refractivity contribution is 0.626. The third kappa shape index (κ3) is 1.82. The first-order valence-electron chi connectivity index (χ1n) is 4.88. The molecule has 0 saturated heterocycles. The molecule has 0 atom stereocenters. The molecule has 0 radical (unpaired) electrons. The average Bonchev–Trinajstić information content (AvgIpc) is 2.29. The molecule has 0 fully saturated rings. The quantitative estimate of drug-likeness (QED) is 0.836. The van der Waals surface area contributed by atoms with E-state index in [0.717, 1.165) is 0 Å². The number of halogens is 1. The lowest BCUT2D eigenvalue weighted by Gasteiger charge is -2.07. The van der Waals surface area contributed by atoms with Gasteiger partial charge in [-0.3, -0.25) is 9.36 Å². The number of hydrogen-bond acceptors (Lipinski definition) is 2. The van der Waals surface area contributed by atoms with Crippen molar-refractivity contribution in [1.82, 2.24) is 4.57 Å². The summed E-state index contributed by atoms with van der Waals surface area (Å²) in [4.78, 5) is 11.9. The highest BCUT2D eigenvalue weighted by Gasteiger charge is 2.03. The summed E-state index contributed by atoms with van der Waals surface area (Å²) in [7, 11) is 1.67. The van der Waals surface area contributed by atoms with Crippen molar-refractivity contribution < 1.29 is 4.39 Å². The highest BCUT2D eigenvalue weighted by Crippen LogP contribution is 2.08. The predicted molar refractivity (Wildman–Crippen MR) is 61.5 cm³/mol. The zero-order chi connectivity index (χ0) is 11.5. The molecule has 82 valence electrons. The molecule has 3 nitrogen and oxygen atoms in total. The Hall–Kier alpha value is -2.10. The van der Waals surface area contributed by atoms with Gasteiger partial charge in [-0.25, -0.2) is 4.39 Å². The van der Waals surface area contributed by atoms with E-state index in [0.29, 0.717) is 11.4 Å². The van der Waals surface area contributed by atoms with E-state index >= 15 is 0 Å². The number of rotatable bonds is 2. The fourth-order valence-corrected chi connectivity index (χ4v) is 1.51. The Morgan fingerprint density at radius 1 is 1.25 bits per heavy atom. The van der Waals surface area contributed by atoms with Crippen molar-refractivity contribution in [3.05, 3.63) is 58.8 Å². The molecule has 1 aromatic carbocycles. The maximum Gasteiger partial charge on any atom is 0.278 e. The highest BCUT2D eigenvalue weighted by atomic mass is 19.1. The smallest absolute Gasteiger partial charge is 0.278 e. The van der Waals surface area contributed by atoms with Gasteiger partial charge in [0, 0.05) is 13.2 Å². The molecule has 2 aromatic rings. The van der Waals surface area contributed by atoms with E-state index in [2.05, 4.69) is 5.32 Å². The number of anilines is 1. The van der Waals surface area contributed by atoms with Crippen LogP contribution in [0, 0.1) is 5.82 Å². The molecule has 2 rings (SSSR count). The topological polar surface area (TPSA) is 34.0 Å². The Bertz CT molecular complexity index is 563. The fraction of sp³-hybridized carbons (Fsp3) is 0.0833. The number of hydrogen-bond donors (Lipinski definition) is 1. The van der Waals surface area contributed by atoms with Gasteiger partial charge in [0.15, 0.2) is 0 Å². The normalized spacial score (nSPS) is 10.1. The van der Waals surface area contributed by atoms with Crippen LogP contribution in [0.3, 0.4) is 0 Å². The van der Waals surface area contributed by atoms with Crippen molar-refractivity contribution in [1.29, 1.82) is 0 Å². The number of benzene rings is 1. The van der Waals surface area contributed by atoms with Gasteiger partial charge in [0.25, 0.3) is 5.56 Å². The second kappa shape index (κ2) is 4.18. The van der Waals surface area contributed by atoms with Crippen LogP contribution in [0.5, 0.6) is 0 Å². The molecule has 16 heavy (non-hydrogen) atoms. The molecular weight excluding hydrogens is 207 g/mol. The SMILES string of the molecule is CNc1cccn(-c2cccc(F)c2)c1=O. The monoisotopic (exact) mass is 218 g/mol. The van der Waals surface area contributed by atoms with E-state index in [1.165, 1.54) is 16.7 Å². The summed E-state index contributed by atoms with van der Waals surface area (Å²) in [5.74, 6) is -0.362. The molecule has 1 heterocycles. The van der Waals surface area contributed by atoms with Gasteiger partial charge in [0.2, 0.25) is 0 Å². The van der Waals surface area contributed by atoms with Gasteiger partial charge in [-0.15, -0.1) is 0 Å². The van der Waals surface area contributed by atoms with Crippen LogP contribution in [0.1, 0.15) is 0 Å². The first-order chi connectivity index (χ1) is 7.72. The molecule has 0 amide bonds. The van der Waals surface area contributed by atoms with Crippen LogP contribution >= 0.6 is 0 Å². The van der Waals surface area contributed by atoms with Crippen molar-refractivity contribution in [3.8, 4) is 5.69 Å². The summed E-state index contributed by atoms with van der Waals surface area (Å²) >= 11 is 0. The minimum Gasteiger partial charge on any atom is -0.384 e.